The monoisotopic (exact) mass is 300 g/mol. The zero-order valence-electron chi connectivity index (χ0n) is 13.4. The summed E-state index contributed by atoms with van der Waals surface area (Å²) in [6, 6.07) is -0.00922. The molecule has 1 fully saturated rings. The van der Waals surface area contributed by atoms with Gasteiger partial charge in [0.2, 0.25) is 0 Å². The fourth-order valence-electron chi connectivity index (χ4n) is 2.97. The Bertz CT molecular complexity index is 352. The van der Waals surface area contributed by atoms with Gasteiger partial charge in [-0.1, -0.05) is 13.3 Å². The summed E-state index contributed by atoms with van der Waals surface area (Å²) in [4.78, 5) is 27.5. The minimum Gasteiger partial charge on any atom is -0.481 e. The molecule has 0 aromatic heterocycles. The zero-order valence-corrected chi connectivity index (χ0v) is 13.4. The maximum atomic E-state index is 12.4. The summed E-state index contributed by atoms with van der Waals surface area (Å²) in [5.41, 5.74) is -0.644. The van der Waals surface area contributed by atoms with Gasteiger partial charge in [-0.25, -0.2) is 4.79 Å². The van der Waals surface area contributed by atoms with E-state index in [0.717, 1.165) is 6.42 Å². The average Bonchev–Trinajstić information content (AvgIpc) is 2.48. The summed E-state index contributed by atoms with van der Waals surface area (Å²) in [5.74, 6) is -0.719. The summed E-state index contributed by atoms with van der Waals surface area (Å²) >= 11 is 0. The topological polar surface area (TPSA) is 70.1 Å². The lowest BCUT2D eigenvalue weighted by Gasteiger charge is -2.40. The summed E-state index contributed by atoms with van der Waals surface area (Å²) in [6.45, 7) is 6.71. The highest BCUT2D eigenvalue weighted by Gasteiger charge is 2.41. The van der Waals surface area contributed by atoms with E-state index in [9.17, 15) is 14.7 Å². The highest BCUT2D eigenvalue weighted by Crippen LogP contribution is 2.36. The number of carbonyl (C=O) groups excluding carboxylic acids is 1. The van der Waals surface area contributed by atoms with Crippen LogP contribution in [0.5, 0.6) is 0 Å². The number of hydrogen-bond acceptors (Lipinski definition) is 3. The van der Waals surface area contributed by atoms with Crippen LogP contribution in [-0.2, 0) is 9.53 Å². The molecule has 6 nitrogen and oxygen atoms in total. The van der Waals surface area contributed by atoms with E-state index < -0.39 is 11.4 Å². The number of hydrogen-bond donors (Lipinski definition) is 1. The lowest BCUT2D eigenvalue weighted by atomic mass is 9.75. The molecule has 1 saturated heterocycles. The second-order valence-corrected chi connectivity index (χ2v) is 5.68. The van der Waals surface area contributed by atoms with Crippen LogP contribution in [0.3, 0.4) is 0 Å². The maximum absolute atomic E-state index is 12.4. The number of amides is 2. The molecule has 1 rings (SSSR count). The van der Waals surface area contributed by atoms with E-state index in [1.165, 1.54) is 0 Å². The van der Waals surface area contributed by atoms with Gasteiger partial charge in [0, 0.05) is 33.3 Å². The maximum Gasteiger partial charge on any atom is 0.320 e. The van der Waals surface area contributed by atoms with E-state index >= 15 is 0 Å². The van der Waals surface area contributed by atoms with E-state index in [2.05, 4.69) is 0 Å². The van der Waals surface area contributed by atoms with Gasteiger partial charge in [0.25, 0.3) is 0 Å². The minimum absolute atomic E-state index is 0.00922. The number of methoxy groups -OCH3 is 1. The molecule has 0 aromatic carbocycles. The molecule has 1 heterocycles. The van der Waals surface area contributed by atoms with Gasteiger partial charge in [0.15, 0.2) is 0 Å². The molecule has 2 amide bonds. The summed E-state index contributed by atoms with van der Waals surface area (Å²) in [7, 11) is 1.62. The van der Waals surface area contributed by atoms with Crippen molar-refractivity contribution in [3.63, 3.8) is 0 Å². The van der Waals surface area contributed by atoms with Crippen LogP contribution in [0.15, 0.2) is 0 Å². The van der Waals surface area contributed by atoms with E-state index in [-0.39, 0.29) is 6.03 Å². The van der Waals surface area contributed by atoms with Crippen LogP contribution in [-0.4, -0.2) is 66.8 Å². The Balaban J connectivity index is 2.61. The largest absolute Gasteiger partial charge is 0.481 e. The van der Waals surface area contributed by atoms with Crippen LogP contribution in [0.25, 0.3) is 0 Å². The van der Waals surface area contributed by atoms with Gasteiger partial charge in [-0.15, -0.1) is 0 Å². The van der Waals surface area contributed by atoms with E-state index in [1.807, 2.05) is 13.8 Å². The number of piperidine rings is 1. The van der Waals surface area contributed by atoms with Crippen molar-refractivity contribution in [2.45, 2.75) is 39.5 Å². The second-order valence-electron chi connectivity index (χ2n) is 5.68. The lowest BCUT2D eigenvalue weighted by Crippen LogP contribution is -2.51. The van der Waals surface area contributed by atoms with Crippen molar-refractivity contribution in [2.75, 3.05) is 39.9 Å². The number of carbonyl (C=O) groups is 2. The smallest absolute Gasteiger partial charge is 0.320 e. The van der Waals surface area contributed by atoms with Crippen LogP contribution in [0.1, 0.15) is 39.5 Å². The molecule has 0 atom stereocenters. The third kappa shape index (κ3) is 4.33. The second kappa shape index (κ2) is 8.22. The van der Waals surface area contributed by atoms with Crippen molar-refractivity contribution in [3.05, 3.63) is 0 Å². The Labute approximate surface area is 127 Å². The number of carboxylic acid groups (broad SMARTS) is 1. The van der Waals surface area contributed by atoms with Crippen molar-refractivity contribution >= 4 is 12.0 Å². The molecule has 0 aromatic rings. The molecule has 6 heteroatoms. The number of urea groups is 1. The first-order chi connectivity index (χ1) is 10.0. The van der Waals surface area contributed by atoms with Gasteiger partial charge < -0.3 is 19.6 Å². The van der Waals surface area contributed by atoms with Gasteiger partial charge in [-0.05, 0) is 26.2 Å². The number of nitrogens with zero attached hydrogens (tertiary/aromatic N) is 2. The van der Waals surface area contributed by atoms with Crippen LogP contribution < -0.4 is 0 Å². The third-order valence-corrected chi connectivity index (χ3v) is 4.39. The fourth-order valence-corrected chi connectivity index (χ4v) is 2.97. The Morgan fingerprint density at radius 2 is 1.90 bits per heavy atom. The lowest BCUT2D eigenvalue weighted by molar-refractivity contribution is -0.152. The molecule has 21 heavy (non-hydrogen) atoms. The average molecular weight is 300 g/mol. The van der Waals surface area contributed by atoms with Crippen molar-refractivity contribution in [2.24, 2.45) is 5.41 Å². The van der Waals surface area contributed by atoms with Crippen LogP contribution in [0.2, 0.25) is 0 Å². The minimum atomic E-state index is -0.719. The predicted molar refractivity (Wildman–Crippen MR) is 80.3 cm³/mol. The fraction of sp³-hybridized carbons (Fsp3) is 0.867. The Morgan fingerprint density at radius 3 is 2.33 bits per heavy atom. The molecule has 0 bridgehead atoms. The zero-order chi connectivity index (χ0) is 15.9. The molecule has 0 saturated carbocycles. The van der Waals surface area contributed by atoms with Crippen molar-refractivity contribution in [3.8, 4) is 0 Å². The number of carboxylic acids is 1. The van der Waals surface area contributed by atoms with E-state index in [0.29, 0.717) is 52.0 Å². The van der Waals surface area contributed by atoms with Crippen LogP contribution >= 0.6 is 0 Å². The molecule has 1 N–H and O–H groups in total. The van der Waals surface area contributed by atoms with Gasteiger partial charge in [-0.3, -0.25) is 4.79 Å². The van der Waals surface area contributed by atoms with Gasteiger partial charge >= 0.3 is 12.0 Å². The third-order valence-electron chi connectivity index (χ3n) is 4.39. The van der Waals surface area contributed by atoms with E-state index in [1.54, 1.807) is 16.9 Å². The van der Waals surface area contributed by atoms with Crippen molar-refractivity contribution in [1.82, 2.24) is 9.80 Å². The molecule has 122 valence electrons. The number of likely N-dealkylation sites (N-methyl/N-ethyl adjacent to an activating group) is 1. The van der Waals surface area contributed by atoms with Gasteiger partial charge in [-0.2, -0.15) is 0 Å². The molecule has 0 aliphatic carbocycles. The highest BCUT2D eigenvalue weighted by molar-refractivity contribution is 5.77. The first-order valence-corrected chi connectivity index (χ1v) is 7.77. The van der Waals surface area contributed by atoms with Gasteiger partial charge in [0.05, 0.1) is 12.0 Å². The van der Waals surface area contributed by atoms with Crippen molar-refractivity contribution in [1.29, 1.82) is 0 Å². The Kier molecular flexibility index (Phi) is 6.95. The molecule has 1 aliphatic heterocycles. The Morgan fingerprint density at radius 1 is 1.29 bits per heavy atom. The van der Waals surface area contributed by atoms with Crippen molar-refractivity contribution < 1.29 is 19.4 Å². The van der Waals surface area contributed by atoms with Crippen LogP contribution in [0.4, 0.5) is 4.79 Å². The molecule has 1 aliphatic rings. The number of ether oxygens (including phenoxy) is 1. The molecular formula is C15H28N2O4. The Hall–Kier alpha value is -1.30. The van der Waals surface area contributed by atoms with E-state index in [4.69, 9.17) is 4.74 Å². The van der Waals surface area contributed by atoms with Crippen LogP contribution in [0, 0.1) is 5.41 Å². The first kappa shape index (κ1) is 17.8. The molecule has 0 spiro atoms. The first-order valence-electron chi connectivity index (χ1n) is 7.77. The normalized spacial score (nSPS) is 17.6. The summed E-state index contributed by atoms with van der Waals surface area (Å²) in [6.07, 6.45) is 2.63. The quantitative estimate of drug-likeness (QED) is 0.781. The highest BCUT2D eigenvalue weighted by atomic mass is 16.5. The number of likely N-dealkylation sites (tertiary alicyclic amines) is 1. The number of aliphatic carboxylic acids is 1. The SMILES string of the molecule is CCCC1(C(=O)O)CCN(C(=O)N(CC)CCOC)CC1. The molecular weight excluding hydrogens is 272 g/mol. The molecule has 0 unspecified atom stereocenters. The molecule has 0 radical (unpaired) electrons. The summed E-state index contributed by atoms with van der Waals surface area (Å²) < 4.78 is 5.02. The number of rotatable bonds is 7. The predicted octanol–water partition coefficient (Wildman–Crippen LogP) is 2.04. The van der Waals surface area contributed by atoms with Gasteiger partial charge in [0.1, 0.15) is 0 Å². The summed E-state index contributed by atoms with van der Waals surface area (Å²) in [5, 5.41) is 9.49. The standard InChI is InChI=1S/C15H28N2O4/c1-4-6-15(13(18)19)7-9-17(10-8-15)14(20)16(5-2)11-12-21-3/h4-12H2,1-3H3,(H,18,19).